The van der Waals surface area contributed by atoms with Crippen molar-refractivity contribution >= 4 is 23.2 Å². The molecule has 0 aliphatic carbocycles. The average Bonchev–Trinajstić information content (AvgIpc) is 2.20. The van der Waals surface area contributed by atoms with E-state index in [1.54, 1.807) is 0 Å². The molecule has 0 spiro atoms. The highest BCUT2D eigenvalue weighted by molar-refractivity contribution is 6.40. The number of aliphatic hydroxyl groups excluding tert-OH is 2. The van der Waals surface area contributed by atoms with Crippen molar-refractivity contribution < 1.29 is 19.7 Å². The van der Waals surface area contributed by atoms with Gasteiger partial charge in [0.25, 0.3) is 0 Å². The van der Waals surface area contributed by atoms with E-state index in [1.165, 1.54) is 0 Å². The van der Waals surface area contributed by atoms with Crippen LogP contribution in [0.25, 0.3) is 0 Å². The van der Waals surface area contributed by atoms with Crippen LogP contribution in [0.15, 0.2) is 0 Å². The van der Waals surface area contributed by atoms with Gasteiger partial charge in [0.1, 0.15) is 0 Å². The van der Waals surface area contributed by atoms with Gasteiger partial charge in [-0.05, 0) is 6.42 Å². The van der Waals surface area contributed by atoms with Gasteiger partial charge in [0.2, 0.25) is 5.79 Å². The molecule has 1 rings (SSSR count). The van der Waals surface area contributed by atoms with Crippen molar-refractivity contribution in [3.8, 4) is 0 Å². The minimum absolute atomic E-state index is 0.194. The van der Waals surface area contributed by atoms with Crippen molar-refractivity contribution in [2.45, 2.75) is 12.2 Å². The van der Waals surface area contributed by atoms with Gasteiger partial charge < -0.3 is 19.7 Å². The molecule has 0 atom stereocenters. The van der Waals surface area contributed by atoms with Crippen molar-refractivity contribution in [2.75, 3.05) is 31.8 Å². The smallest absolute Gasteiger partial charge is 0.215 e. The van der Waals surface area contributed by atoms with Gasteiger partial charge >= 0.3 is 0 Å². The van der Waals surface area contributed by atoms with Crippen LogP contribution in [0.3, 0.4) is 0 Å². The molecular weight excluding hydrogens is 219 g/mol. The van der Waals surface area contributed by atoms with Gasteiger partial charge in [-0.3, -0.25) is 0 Å². The highest BCUT2D eigenvalue weighted by Crippen LogP contribution is 2.16. The second-order valence-electron chi connectivity index (χ2n) is 2.38. The number of hydrogen-bond acceptors (Lipinski definition) is 4. The Balaban J connectivity index is 0.000000424. The second-order valence-corrected chi connectivity index (χ2v) is 3.19. The van der Waals surface area contributed by atoms with Crippen molar-refractivity contribution in [3.05, 3.63) is 0 Å². The molecule has 1 aliphatic rings. The average molecular weight is 233 g/mol. The van der Waals surface area contributed by atoms with Crippen molar-refractivity contribution in [2.24, 2.45) is 0 Å². The highest BCUT2D eigenvalue weighted by atomic mass is 35.5. The first-order valence-electron chi connectivity index (χ1n) is 3.86. The highest BCUT2D eigenvalue weighted by Gasteiger charge is 2.32. The quantitative estimate of drug-likeness (QED) is 0.683. The lowest BCUT2D eigenvalue weighted by Gasteiger charge is -2.33. The molecule has 1 aliphatic heterocycles. The Morgan fingerprint density at radius 3 is 1.69 bits per heavy atom. The molecule has 0 radical (unpaired) electrons. The third-order valence-electron chi connectivity index (χ3n) is 1.50. The standard InChI is InChI=1S/C6H12O4.CH2Cl2/c7-4-6(5-8)9-2-1-3-10-6;2-1-3/h7-8H,1-5H2;1H2. The molecule has 6 heteroatoms. The van der Waals surface area contributed by atoms with E-state index in [9.17, 15) is 0 Å². The molecule has 1 heterocycles. The predicted octanol–water partition coefficient (Wildman–Crippen LogP) is 0.526. The van der Waals surface area contributed by atoms with Crippen LogP contribution in [0.2, 0.25) is 0 Å². The van der Waals surface area contributed by atoms with E-state index in [4.69, 9.17) is 42.9 Å². The topological polar surface area (TPSA) is 58.9 Å². The molecule has 0 aromatic carbocycles. The Kier molecular flexibility index (Phi) is 8.04. The number of alkyl halides is 2. The fraction of sp³-hybridized carbons (Fsp3) is 1.00. The van der Waals surface area contributed by atoms with E-state index < -0.39 is 5.79 Å². The summed E-state index contributed by atoms with van der Waals surface area (Å²) in [5.41, 5.74) is 0. The maximum atomic E-state index is 8.73. The molecule has 0 aromatic rings. The molecule has 0 amide bonds. The Bertz CT molecular complexity index is 111. The molecule has 4 nitrogen and oxygen atoms in total. The minimum atomic E-state index is -1.13. The van der Waals surface area contributed by atoms with E-state index >= 15 is 0 Å². The molecule has 1 fully saturated rings. The zero-order valence-electron chi connectivity index (χ0n) is 7.21. The van der Waals surface area contributed by atoms with E-state index in [2.05, 4.69) is 0 Å². The summed E-state index contributed by atoms with van der Waals surface area (Å²) in [6.45, 7) is 0.509. The van der Waals surface area contributed by atoms with Gasteiger partial charge in [0.05, 0.1) is 31.8 Å². The van der Waals surface area contributed by atoms with Gasteiger partial charge in [-0.25, -0.2) is 0 Å². The first kappa shape index (κ1) is 13.4. The largest absolute Gasteiger partial charge is 0.391 e. The molecule has 2 N–H and O–H groups in total. The third-order valence-corrected chi connectivity index (χ3v) is 1.50. The lowest BCUT2D eigenvalue weighted by atomic mass is 10.3. The number of aliphatic hydroxyl groups is 2. The Morgan fingerprint density at radius 2 is 1.46 bits per heavy atom. The summed E-state index contributed by atoms with van der Waals surface area (Å²) in [5, 5.41) is 17.7. The number of rotatable bonds is 2. The number of hydrogen-bond donors (Lipinski definition) is 2. The molecule has 0 unspecified atom stereocenters. The lowest BCUT2D eigenvalue weighted by Crippen LogP contribution is -2.47. The SMILES string of the molecule is ClCCl.OCC1(CO)OCCCO1. The van der Waals surface area contributed by atoms with E-state index in [0.717, 1.165) is 6.42 Å². The molecule has 1 saturated heterocycles. The van der Waals surface area contributed by atoms with Gasteiger partial charge in [0.15, 0.2) is 0 Å². The summed E-state index contributed by atoms with van der Waals surface area (Å²) in [6, 6.07) is 0. The monoisotopic (exact) mass is 232 g/mol. The molecule has 0 saturated carbocycles. The van der Waals surface area contributed by atoms with Gasteiger partial charge in [-0.2, -0.15) is 0 Å². The van der Waals surface area contributed by atoms with Crippen LogP contribution < -0.4 is 0 Å². The Morgan fingerprint density at radius 1 is 1.08 bits per heavy atom. The lowest BCUT2D eigenvalue weighted by molar-refractivity contribution is -0.295. The van der Waals surface area contributed by atoms with Crippen LogP contribution in [0.4, 0.5) is 0 Å². The van der Waals surface area contributed by atoms with Crippen molar-refractivity contribution in [1.29, 1.82) is 0 Å². The Labute approximate surface area is 87.4 Å². The van der Waals surface area contributed by atoms with Gasteiger partial charge in [-0.1, -0.05) is 0 Å². The normalized spacial score (nSPS) is 20.3. The fourth-order valence-electron chi connectivity index (χ4n) is 0.850. The first-order chi connectivity index (χ1) is 6.24. The van der Waals surface area contributed by atoms with Crippen LogP contribution in [-0.2, 0) is 9.47 Å². The fourth-order valence-corrected chi connectivity index (χ4v) is 0.850. The van der Waals surface area contributed by atoms with Crippen molar-refractivity contribution in [1.82, 2.24) is 0 Å². The van der Waals surface area contributed by atoms with E-state index in [1.807, 2.05) is 0 Å². The van der Waals surface area contributed by atoms with Crippen LogP contribution in [0, 0.1) is 0 Å². The zero-order valence-corrected chi connectivity index (χ0v) is 8.72. The number of ether oxygens (including phenoxy) is 2. The van der Waals surface area contributed by atoms with Crippen LogP contribution in [0.5, 0.6) is 0 Å². The van der Waals surface area contributed by atoms with Crippen LogP contribution in [0.1, 0.15) is 6.42 Å². The maximum absolute atomic E-state index is 8.73. The summed E-state index contributed by atoms with van der Waals surface area (Å²) < 4.78 is 10.1. The van der Waals surface area contributed by atoms with Gasteiger partial charge in [0, 0.05) is 0 Å². The third kappa shape index (κ3) is 5.00. The van der Waals surface area contributed by atoms with E-state index in [-0.39, 0.29) is 18.6 Å². The zero-order chi connectivity index (χ0) is 10.2. The second kappa shape index (κ2) is 7.79. The van der Waals surface area contributed by atoms with Crippen LogP contribution >= 0.6 is 23.2 Å². The Hall–Kier alpha value is 0.420. The summed E-state index contributed by atoms with van der Waals surface area (Å²) in [5.74, 6) is -1.13. The molecule has 0 aromatic heterocycles. The number of halogens is 2. The summed E-state index contributed by atoms with van der Waals surface area (Å²) in [4.78, 5) is 0. The molecule has 13 heavy (non-hydrogen) atoms. The summed E-state index contributed by atoms with van der Waals surface area (Å²) in [7, 11) is 0. The summed E-state index contributed by atoms with van der Waals surface area (Å²) >= 11 is 9.53. The van der Waals surface area contributed by atoms with Crippen molar-refractivity contribution in [3.63, 3.8) is 0 Å². The molecule has 80 valence electrons. The molecular formula is C7H14Cl2O4. The first-order valence-corrected chi connectivity index (χ1v) is 4.93. The van der Waals surface area contributed by atoms with E-state index in [0.29, 0.717) is 13.2 Å². The van der Waals surface area contributed by atoms with Gasteiger partial charge in [-0.15, -0.1) is 23.2 Å². The maximum Gasteiger partial charge on any atom is 0.215 e. The van der Waals surface area contributed by atoms with Crippen LogP contribution in [-0.4, -0.2) is 47.8 Å². The molecule has 0 bridgehead atoms. The minimum Gasteiger partial charge on any atom is -0.391 e. The predicted molar refractivity (Wildman–Crippen MR) is 50.0 cm³/mol. The summed E-state index contributed by atoms with van der Waals surface area (Å²) in [6.07, 6.45) is 0.821.